The smallest absolute Gasteiger partial charge is 0.273 e. The largest absolute Gasteiger partial charge is 0.354 e. The minimum absolute atomic E-state index is 0.0657. The lowest BCUT2D eigenvalue weighted by Gasteiger charge is -2.16. The summed E-state index contributed by atoms with van der Waals surface area (Å²) in [5, 5.41) is 10.2. The van der Waals surface area contributed by atoms with Gasteiger partial charge in [0.2, 0.25) is 5.91 Å². The van der Waals surface area contributed by atoms with E-state index in [4.69, 9.17) is 0 Å². The molecule has 2 heterocycles. The fraction of sp³-hybridized carbons (Fsp3) is 0.375. The Bertz CT molecular complexity index is 743. The molecular formula is C16H18FN5O2. The number of nitrogens with one attached hydrogen (secondary N) is 1. The lowest BCUT2D eigenvalue weighted by Crippen LogP contribution is -2.25. The van der Waals surface area contributed by atoms with Crippen molar-refractivity contribution < 1.29 is 14.0 Å². The number of carbonyl (C=O) groups is 2. The van der Waals surface area contributed by atoms with Crippen molar-refractivity contribution in [2.45, 2.75) is 19.5 Å². The zero-order valence-corrected chi connectivity index (χ0v) is 13.3. The van der Waals surface area contributed by atoms with Crippen LogP contribution in [0.3, 0.4) is 0 Å². The van der Waals surface area contributed by atoms with Crippen LogP contribution in [0.15, 0.2) is 30.5 Å². The number of rotatable bonds is 5. The fourth-order valence-electron chi connectivity index (χ4n) is 2.82. The van der Waals surface area contributed by atoms with Crippen LogP contribution in [-0.2, 0) is 17.9 Å². The first kappa shape index (κ1) is 16.1. The van der Waals surface area contributed by atoms with Gasteiger partial charge in [0.1, 0.15) is 5.82 Å². The first-order valence-corrected chi connectivity index (χ1v) is 7.69. The third-order valence-electron chi connectivity index (χ3n) is 4.02. The average molecular weight is 331 g/mol. The molecule has 126 valence electrons. The van der Waals surface area contributed by atoms with Crippen LogP contribution in [0.1, 0.15) is 22.5 Å². The summed E-state index contributed by atoms with van der Waals surface area (Å²) in [6.45, 7) is 1.59. The van der Waals surface area contributed by atoms with Crippen LogP contribution in [0.5, 0.6) is 0 Å². The standard InChI is InChI=1S/C16H18FN5O2/c1-18-16(24)14-10-22(20-19-14)9-12-6-15(23)21(8-12)7-11-2-4-13(17)5-3-11/h2-5,10,12H,6-9H2,1H3,(H,18,24). The summed E-state index contributed by atoms with van der Waals surface area (Å²) in [4.78, 5) is 25.4. The molecule has 1 unspecified atom stereocenters. The lowest BCUT2D eigenvalue weighted by molar-refractivity contribution is -0.128. The van der Waals surface area contributed by atoms with E-state index < -0.39 is 0 Å². The Balaban J connectivity index is 1.59. The fourth-order valence-corrected chi connectivity index (χ4v) is 2.82. The normalized spacial score (nSPS) is 17.3. The molecule has 0 saturated carbocycles. The predicted octanol–water partition coefficient (Wildman–Crippen LogP) is 0.825. The van der Waals surface area contributed by atoms with Crippen LogP contribution in [0.25, 0.3) is 0 Å². The van der Waals surface area contributed by atoms with Gasteiger partial charge in [0, 0.05) is 39.0 Å². The van der Waals surface area contributed by atoms with Gasteiger partial charge in [-0.05, 0) is 17.7 Å². The Kier molecular flexibility index (Phi) is 4.54. The lowest BCUT2D eigenvalue weighted by atomic mass is 10.1. The Labute approximate surface area is 138 Å². The predicted molar refractivity (Wildman–Crippen MR) is 83.3 cm³/mol. The zero-order chi connectivity index (χ0) is 17.1. The van der Waals surface area contributed by atoms with Crippen molar-refractivity contribution in [3.63, 3.8) is 0 Å². The highest BCUT2D eigenvalue weighted by atomic mass is 19.1. The van der Waals surface area contributed by atoms with E-state index in [9.17, 15) is 14.0 Å². The zero-order valence-electron chi connectivity index (χ0n) is 13.3. The van der Waals surface area contributed by atoms with Crippen molar-refractivity contribution in [1.82, 2.24) is 25.2 Å². The second-order valence-corrected chi connectivity index (χ2v) is 5.88. The maximum Gasteiger partial charge on any atom is 0.273 e. The molecule has 8 heteroatoms. The first-order chi connectivity index (χ1) is 11.5. The van der Waals surface area contributed by atoms with Gasteiger partial charge in [-0.3, -0.25) is 14.3 Å². The number of halogens is 1. The molecule has 1 aromatic heterocycles. The minimum Gasteiger partial charge on any atom is -0.354 e. The van der Waals surface area contributed by atoms with Gasteiger partial charge in [0.05, 0.1) is 6.20 Å². The molecule has 1 atom stereocenters. The summed E-state index contributed by atoms with van der Waals surface area (Å²) in [6.07, 6.45) is 2.00. The topological polar surface area (TPSA) is 80.1 Å². The third kappa shape index (κ3) is 3.58. The summed E-state index contributed by atoms with van der Waals surface area (Å²) in [6, 6.07) is 6.15. The second kappa shape index (κ2) is 6.77. The molecule has 1 aliphatic heterocycles. The summed E-state index contributed by atoms with van der Waals surface area (Å²) in [5.74, 6) is -0.405. The molecule has 1 aliphatic rings. The van der Waals surface area contributed by atoms with Crippen molar-refractivity contribution >= 4 is 11.8 Å². The van der Waals surface area contributed by atoms with E-state index in [-0.39, 0.29) is 29.2 Å². The quantitative estimate of drug-likeness (QED) is 0.880. The van der Waals surface area contributed by atoms with E-state index in [0.29, 0.717) is 26.1 Å². The van der Waals surface area contributed by atoms with Gasteiger partial charge in [-0.15, -0.1) is 5.10 Å². The molecule has 1 saturated heterocycles. The third-order valence-corrected chi connectivity index (χ3v) is 4.02. The molecule has 0 spiro atoms. The summed E-state index contributed by atoms with van der Waals surface area (Å²) in [5.41, 5.74) is 1.15. The van der Waals surface area contributed by atoms with Gasteiger partial charge in [0.15, 0.2) is 5.69 Å². The molecule has 3 rings (SSSR count). The van der Waals surface area contributed by atoms with Crippen LogP contribution in [-0.4, -0.2) is 45.3 Å². The molecule has 0 bridgehead atoms. The van der Waals surface area contributed by atoms with E-state index in [1.54, 1.807) is 27.9 Å². The monoisotopic (exact) mass is 331 g/mol. The number of carbonyl (C=O) groups excluding carboxylic acids is 2. The van der Waals surface area contributed by atoms with Crippen molar-refractivity contribution in [3.8, 4) is 0 Å². The molecule has 1 aromatic carbocycles. The summed E-state index contributed by atoms with van der Waals surface area (Å²) in [7, 11) is 1.53. The number of benzene rings is 1. The maximum absolute atomic E-state index is 12.9. The Hall–Kier alpha value is -2.77. The highest BCUT2D eigenvalue weighted by Crippen LogP contribution is 2.21. The number of nitrogens with zero attached hydrogens (tertiary/aromatic N) is 4. The van der Waals surface area contributed by atoms with Crippen LogP contribution in [0.2, 0.25) is 0 Å². The van der Waals surface area contributed by atoms with Crippen molar-refractivity contribution in [2.75, 3.05) is 13.6 Å². The average Bonchev–Trinajstić information content (AvgIpc) is 3.16. The number of aromatic nitrogens is 3. The molecule has 1 fully saturated rings. The van der Waals surface area contributed by atoms with Crippen molar-refractivity contribution in [2.24, 2.45) is 5.92 Å². The van der Waals surface area contributed by atoms with E-state index >= 15 is 0 Å². The summed E-state index contributed by atoms with van der Waals surface area (Å²) >= 11 is 0. The number of hydrogen-bond acceptors (Lipinski definition) is 4. The van der Waals surface area contributed by atoms with E-state index in [2.05, 4.69) is 15.6 Å². The Morgan fingerprint density at radius 1 is 1.38 bits per heavy atom. The summed E-state index contributed by atoms with van der Waals surface area (Å²) < 4.78 is 14.5. The van der Waals surface area contributed by atoms with Gasteiger partial charge >= 0.3 is 0 Å². The Morgan fingerprint density at radius 3 is 2.83 bits per heavy atom. The van der Waals surface area contributed by atoms with E-state index in [0.717, 1.165) is 5.56 Å². The number of amides is 2. The molecule has 2 amide bonds. The molecular weight excluding hydrogens is 313 g/mol. The van der Waals surface area contributed by atoms with Gasteiger partial charge in [0.25, 0.3) is 5.91 Å². The Morgan fingerprint density at radius 2 is 2.12 bits per heavy atom. The highest BCUT2D eigenvalue weighted by molar-refractivity contribution is 5.91. The van der Waals surface area contributed by atoms with Crippen molar-refractivity contribution in [1.29, 1.82) is 0 Å². The molecule has 7 nitrogen and oxygen atoms in total. The number of hydrogen-bond donors (Lipinski definition) is 1. The molecule has 2 aromatic rings. The van der Waals surface area contributed by atoms with Crippen LogP contribution >= 0.6 is 0 Å². The number of likely N-dealkylation sites (tertiary alicyclic amines) is 1. The van der Waals surface area contributed by atoms with Gasteiger partial charge in [-0.25, -0.2) is 4.39 Å². The van der Waals surface area contributed by atoms with Crippen LogP contribution in [0.4, 0.5) is 4.39 Å². The maximum atomic E-state index is 12.9. The molecule has 24 heavy (non-hydrogen) atoms. The second-order valence-electron chi connectivity index (χ2n) is 5.88. The molecule has 0 aliphatic carbocycles. The molecule has 0 radical (unpaired) electrons. The van der Waals surface area contributed by atoms with Crippen LogP contribution < -0.4 is 5.32 Å². The van der Waals surface area contributed by atoms with Crippen molar-refractivity contribution in [3.05, 3.63) is 47.5 Å². The SMILES string of the molecule is CNC(=O)c1cn(CC2CC(=O)N(Cc3ccc(F)cc3)C2)nn1. The van der Waals surface area contributed by atoms with E-state index in [1.807, 2.05) is 0 Å². The van der Waals surface area contributed by atoms with Gasteiger partial charge in [-0.2, -0.15) is 0 Å². The van der Waals surface area contributed by atoms with Crippen LogP contribution in [0, 0.1) is 11.7 Å². The van der Waals surface area contributed by atoms with Gasteiger partial charge in [-0.1, -0.05) is 17.3 Å². The van der Waals surface area contributed by atoms with Gasteiger partial charge < -0.3 is 10.2 Å². The molecule has 1 N–H and O–H groups in total. The first-order valence-electron chi connectivity index (χ1n) is 7.69. The minimum atomic E-state index is -0.290. The van der Waals surface area contributed by atoms with E-state index in [1.165, 1.54) is 19.2 Å². The highest BCUT2D eigenvalue weighted by Gasteiger charge is 2.30.